The molecule has 3 heterocycles. The number of hydrogen-bond donors (Lipinski definition) is 0. The molecule has 3 rings (SSSR count). The standard InChI is InChI=1S/C9H7ClN6/c1-6-3-12-15(4-6)8-2-7(10)14-9-11-5-13-16(8)9/h2-5H,1H3. The molecule has 0 unspecified atom stereocenters. The molecule has 3 aromatic heterocycles. The maximum Gasteiger partial charge on any atom is 0.255 e. The SMILES string of the molecule is Cc1cnn(-c2cc(Cl)nc3ncnn23)c1. The van der Waals surface area contributed by atoms with Crippen molar-refractivity contribution in [1.82, 2.24) is 29.4 Å². The van der Waals surface area contributed by atoms with Crippen LogP contribution >= 0.6 is 11.6 Å². The zero-order valence-electron chi connectivity index (χ0n) is 8.37. The summed E-state index contributed by atoms with van der Waals surface area (Å²) in [6, 6.07) is 1.69. The predicted octanol–water partition coefficient (Wildman–Crippen LogP) is 1.27. The van der Waals surface area contributed by atoms with Crippen molar-refractivity contribution in [1.29, 1.82) is 0 Å². The van der Waals surface area contributed by atoms with Gasteiger partial charge in [-0.05, 0) is 12.5 Å². The van der Waals surface area contributed by atoms with Crippen LogP contribution in [0.1, 0.15) is 5.56 Å². The molecule has 16 heavy (non-hydrogen) atoms. The Kier molecular flexibility index (Phi) is 1.90. The molecule has 0 spiro atoms. The summed E-state index contributed by atoms with van der Waals surface area (Å²) in [7, 11) is 0. The lowest BCUT2D eigenvalue weighted by Gasteiger charge is -2.03. The lowest BCUT2D eigenvalue weighted by atomic mass is 10.4. The molecule has 0 fully saturated rings. The Bertz CT molecular complexity index is 655. The van der Waals surface area contributed by atoms with Crippen LogP contribution in [0.3, 0.4) is 0 Å². The lowest BCUT2D eigenvalue weighted by Crippen LogP contribution is -2.05. The van der Waals surface area contributed by atoms with E-state index < -0.39 is 0 Å². The summed E-state index contributed by atoms with van der Waals surface area (Å²) in [6.45, 7) is 1.96. The van der Waals surface area contributed by atoms with Crippen LogP contribution < -0.4 is 0 Å². The van der Waals surface area contributed by atoms with Gasteiger partial charge in [-0.15, -0.1) is 0 Å². The summed E-state index contributed by atoms with van der Waals surface area (Å²) in [5.41, 5.74) is 1.06. The Morgan fingerprint density at radius 2 is 2.19 bits per heavy atom. The molecular formula is C9H7ClN6. The van der Waals surface area contributed by atoms with Crippen molar-refractivity contribution in [3.63, 3.8) is 0 Å². The highest BCUT2D eigenvalue weighted by Gasteiger charge is 2.08. The number of fused-ring (bicyclic) bond motifs is 1. The summed E-state index contributed by atoms with van der Waals surface area (Å²) in [6.07, 6.45) is 5.07. The van der Waals surface area contributed by atoms with Crippen LogP contribution in [0.15, 0.2) is 24.8 Å². The minimum atomic E-state index is 0.364. The third-order valence-corrected chi connectivity index (χ3v) is 2.34. The van der Waals surface area contributed by atoms with Crippen LogP contribution in [-0.2, 0) is 0 Å². The van der Waals surface area contributed by atoms with E-state index in [1.54, 1.807) is 21.5 Å². The number of hydrogen-bond acceptors (Lipinski definition) is 4. The van der Waals surface area contributed by atoms with Crippen LogP contribution in [0.2, 0.25) is 5.15 Å². The number of nitrogens with zero attached hydrogens (tertiary/aromatic N) is 6. The van der Waals surface area contributed by atoms with Gasteiger partial charge in [0.05, 0.1) is 6.20 Å². The second-order valence-electron chi connectivity index (χ2n) is 3.37. The largest absolute Gasteiger partial charge is 0.255 e. The van der Waals surface area contributed by atoms with Crippen molar-refractivity contribution in [2.24, 2.45) is 0 Å². The van der Waals surface area contributed by atoms with E-state index in [1.165, 1.54) is 6.33 Å². The maximum atomic E-state index is 5.90. The molecule has 0 aliphatic rings. The summed E-state index contributed by atoms with van der Waals surface area (Å²) in [4.78, 5) is 8.03. The normalized spacial score (nSPS) is 11.1. The molecule has 0 atom stereocenters. The molecule has 0 amide bonds. The number of halogens is 1. The van der Waals surface area contributed by atoms with Crippen molar-refractivity contribution in [3.8, 4) is 5.82 Å². The summed E-state index contributed by atoms with van der Waals surface area (Å²) in [5.74, 6) is 1.16. The Morgan fingerprint density at radius 3 is 2.94 bits per heavy atom. The summed E-state index contributed by atoms with van der Waals surface area (Å²) in [5, 5.41) is 8.63. The fraction of sp³-hybridized carbons (Fsp3) is 0.111. The molecule has 80 valence electrons. The van der Waals surface area contributed by atoms with Crippen LogP contribution in [0, 0.1) is 6.92 Å². The van der Waals surface area contributed by atoms with Gasteiger partial charge in [-0.2, -0.15) is 24.7 Å². The highest BCUT2D eigenvalue weighted by atomic mass is 35.5. The van der Waals surface area contributed by atoms with E-state index in [9.17, 15) is 0 Å². The Labute approximate surface area is 95.5 Å². The number of rotatable bonds is 1. The maximum absolute atomic E-state index is 5.90. The fourth-order valence-electron chi connectivity index (χ4n) is 1.47. The Balaban J connectivity index is 2.33. The average molecular weight is 235 g/mol. The van der Waals surface area contributed by atoms with Gasteiger partial charge in [0.2, 0.25) is 0 Å². The molecule has 0 radical (unpaired) electrons. The Hall–Kier alpha value is -1.95. The fourth-order valence-corrected chi connectivity index (χ4v) is 1.64. The van der Waals surface area contributed by atoms with Crippen LogP contribution in [-0.4, -0.2) is 29.4 Å². The molecule has 7 heteroatoms. The Morgan fingerprint density at radius 1 is 1.31 bits per heavy atom. The van der Waals surface area contributed by atoms with Crippen molar-refractivity contribution in [2.45, 2.75) is 6.92 Å². The van der Waals surface area contributed by atoms with Crippen molar-refractivity contribution in [3.05, 3.63) is 35.5 Å². The van der Waals surface area contributed by atoms with Gasteiger partial charge in [-0.25, -0.2) is 4.68 Å². The minimum Gasteiger partial charge on any atom is -0.222 e. The molecule has 0 aromatic carbocycles. The molecule has 6 nitrogen and oxygen atoms in total. The van der Waals surface area contributed by atoms with Gasteiger partial charge in [-0.1, -0.05) is 11.6 Å². The number of aryl methyl sites for hydroxylation is 1. The third-order valence-electron chi connectivity index (χ3n) is 2.15. The van der Waals surface area contributed by atoms with E-state index in [1.807, 2.05) is 13.1 Å². The van der Waals surface area contributed by atoms with E-state index in [-0.39, 0.29) is 0 Å². The molecule has 3 aromatic rings. The van der Waals surface area contributed by atoms with Crippen LogP contribution in [0.5, 0.6) is 0 Å². The van der Waals surface area contributed by atoms with Gasteiger partial charge in [0.25, 0.3) is 5.78 Å². The van der Waals surface area contributed by atoms with Gasteiger partial charge in [-0.3, -0.25) is 0 Å². The lowest BCUT2D eigenvalue weighted by molar-refractivity contribution is 0.781. The summed E-state index contributed by atoms with van der Waals surface area (Å²) >= 11 is 5.90. The molecule has 0 saturated heterocycles. The van der Waals surface area contributed by atoms with E-state index in [4.69, 9.17) is 11.6 Å². The molecule has 0 saturated carbocycles. The van der Waals surface area contributed by atoms with E-state index in [0.717, 1.165) is 5.56 Å². The quantitative estimate of drug-likeness (QED) is 0.595. The molecule has 0 N–H and O–H groups in total. The second kappa shape index (κ2) is 3.28. The van der Waals surface area contributed by atoms with Crippen molar-refractivity contribution >= 4 is 17.4 Å². The molecule has 0 bridgehead atoms. The number of aromatic nitrogens is 6. The van der Waals surface area contributed by atoms with Gasteiger partial charge in [0.1, 0.15) is 11.5 Å². The van der Waals surface area contributed by atoms with Crippen molar-refractivity contribution < 1.29 is 0 Å². The van der Waals surface area contributed by atoms with Crippen molar-refractivity contribution in [2.75, 3.05) is 0 Å². The zero-order chi connectivity index (χ0) is 11.1. The molecule has 0 aliphatic heterocycles. The first-order chi connectivity index (χ1) is 7.74. The van der Waals surface area contributed by atoms with E-state index >= 15 is 0 Å². The molecular weight excluding hydrogens is 228 g/mol. The predicted molar refractivity (Wildman–Crippen MR) is 57.7 cm³/mol. The third kappa shape index (κ3) is 1.35. The average Bonchev–Trinajstić information content (AvgIpc) is 2.84. The van der Waals surface area contributed by atoms with Gasteiger partial charge < -0.3 is 0 Å². The van der Waals surface area contributed by atoms with Crippen LogP contribution in [0.25, 0.3) is 11.6 Å². The zero-order valence-corrected chi connectivity index (χ0v) is 9.13. The monoisotopic (exact) mass is 234 g/mol. The van der Waals surface area contributed by atoms with Gasteiger partial charge in [0.15, 0.2) is 5.82 Å². The highest BCUT2D eigenvalue weighted by molar-refractivity contribution is 6.29. The van der Waals surface area contributed by atoms with Crippen LogP contribution in [0.4, 0.5) is 0 Å². The first-order valence-electron chi connectivity index (χ1n) is 4.62. The second-order valence-corrected chi connectivity index (χ2v) is 3.76. The first kappa shape index (κ1) is 9.29. The van der Waals surface area contributed by atoms with Gasteiger partial charge in [0, 0.05) is 12.3 Å². The molecule has 0 aliphatic carbocycles. The van der Waals surface area contributed by atoms with Gasteiger partial charge >= 0.3 is 0 Å². The van der Waals surface area contributed by atoms with E-state index in [2.05, 4.69) is 20.2 Å². The first-order valence-corrected chi connectivity index (χ1v) is 5.00. The highest BCUT2D eigenvalue weighted by Crippen LogP contribution is 2.13. The minimum absolute atomic E-state index is 0.364. The smallest absolute Gasteiger partial charge is 0.222 e. The van der Waals surface area contributed by atoms with E-state index in [0.29, 0.717) is 16.7 Å². The topological polar surface area (TPSA) is 60.9 Å². The summed E-state index contributed by atoms with van der Waals surface area (Å²) < 4.78 is 3.27.